The normalized spacial score (nSPS) is 12.2. The molecule has 4 nitrogen and oxygen atoms in total. The number of hydrogen-bond donors (Lipinski definition) is 1. The van der Waals surface area contributed by atoms with Crippen molar-refractivity contribution in [1.82, 2.24) is 10.3 Å². The van der Waals surface area contributed by atoms with E-state index in [1.54, 1.807) is 6.20 Å². The molecule has 1 N–H and O–H groups in total. The lowest BCUT2D eigenvalue weighted by Gasteiger charge is -2.10. The average molecular weight is 287 g/mol. The molecule has 0 aliphatic heterocycles. The van der Waals surface area contributed by atoms with E-state index in [1.165, 1.54) is 12.7 Å². The van der Waals surface area contributed by atoms with E-state index in [0.29, 0.717) is 13.1 Å². The van der Waals surface area contributed by atoms with Crippen LogP contribution in [0.25, 0.3) is 0 Å². The highest BCUT2D eigenvalue weighted by molar-refractivity contribution is 9.10. The van der Waals surface area contributed by atoms with E-state index in [-0.39, 0.29) is 10.8 Å². The molecule has 1 aromatic heterocycles. The lowest BCUT2D eigenvalue weighted by Crippen LogP contribution is -2.29. The average Bonchev–Trinajstić information content (AvgIpc) is 2.30. The number of nitrogens with one attached hydrogen (secondary N) is 1. The van der Waals surface area contributed by atoms with Crippen LogP contribution in [-0.4, -0.2) is 29.4 Å². The molecule has 0 bridgehead atoms. The number of hydrogen-bond acceptors (Lipinski definition) is 4. The Kier molecular flexibility index (Phi) is 5.42. The van der Waals surface area contributed by atoms with Gasteiger partial charge in [-0.15, -0.1) is 0 Å². The van der Waals surface area contributed by atoms with E-state index in [2.05, 4.69) is 31.0 Å². The third-order valence-corrected chi connectivity index (χ3v) is 2.93. The summed E-state index contributed by atoms with van der Waals surface area (Å²) in [6.07, 6.45) is 3.58. The summed E-state index contributed by atoms with van der Waals surface area (Å²) in [5.41, 5.74) is 2.32. The van der Waals surface area contributed by atoms with Crippen LogP contribution < -0.4 is 5.32 Å². The molecule has 5 heteroatoms. The summed E-state index contributed by atoms with van der Waals surface area (Å²) in [5, 5.41) is 3.18. The number of methoxy groups -OCH3 is 1. The maximum absolute atomic E-state index is 11.1. The van der Waals surface area contributed by atoms with Crippen molar-refractivity contribution in [1.29, 1.82) is 0 Å². The van der Waals surface area contributed by atoms with Crippen LogP contribution in [0.15, 0.2) is 18.5 Å². The molecule has 0 fully saturated rings. The number of esters is 1. The van der Waals surface area contributed by atoms with Gasteiger partial charge in [0.25, 0.3) is 0 Å². The van der Waals surface area contributed by atoms with Gasteiger partial charge in [0.1, 0.15) is 4.83 Å². The van der Waals surface area contributed by atoms with Gasteiger partial charge >= 0.3 is 5.97 Å². The molecule has 0 aliphatic rings. The van der Waals surface area contributed by atoms with Crippen LogP contribution in [0.1, 0.15) is 11.1 Å². The molecule has 1 heterocycles. The van der Waals surface area contributed by atoms with E-state index in [1.807, 2.05) is 19.2 Å². The molecule has 0 amide bonds. The molecule has 1 rings (SSSR count). The van der Waals surface area contributed by atoms with Crippen LogP contribution in [0.5, 0.6) is 0 Å². The molecule has 0 radical (unpaired) electrons. The van der Waals surface area contributed by atoms with E-state index < -0.39 is 0 Å². The van der Waals surface area contributed by atoms with Crippen molar-refractivity contribution in [3.05, 3.63) is 29.6 Å². The van der Waals surface area contributed by atoms with Gasteiger partial charge in [-0.3, -0.25) is 9.78 Å². The van der Waals surface area contributed by atoms with Gasteiger partial charge in [-0.1, -0.05) is 15.9 Å². The number of carbonyl (C=O) groups excluding carboxylic acids is 1. The third-order valence-electron chi connectivity index (χ3n) is 2.23. The van der Waals surface area contributed by atoms with Crippen molar-refractivity contribution in [3.63, 3.8) is 0 Å². The topological polar surface area (TPSA) is 51.2 Å². The summed E-state index contributed by atoms with van der Waals surface area (Å²) in [5.74, 6) is -0.265. The van der Waals surface area contributed by atoms with Gasteiger partial charge in [-0.25, -0.2) is 0 Å². The van der Waals surface area contributed by atoms with Crippen LogP contribution in [-0.2, 0) is 16.1 Å². The van der Waals surface area contributed by atoms with Crippen molar-refractivity contribution >= 4 is 21.9 Å². The van der Waals surface area contributed by atoms with Crippen molar-refractivity contribution in [2.75, 3.05) is 13.7 Å². The maximum atomic E-state index is 11.1. The zero-order valence-corrected chi connectivity index (χ0v) is 11.0. The molecule has 1 atom stereocenters. The maximum Gasteiger partial charge on any atom is 0.320 e. The largest absolute Gasteiger partial charge is 0.468 e. The number of halogens is 1. The second-order valence-corrected chi connectivity index (χ2v) is 4.53. The molecular formula is C11H15BrN2O2. The quantitative estimate of drug-likeness (QED) is 0.657. The predicted octanol–water partition coefficient (Wildman–Crippen LogP) is 1.42. The van der Waals surface area contributed by atoms with Crippen LogP contribution in [0.3, 0.4) is 0 Å². The van der Waals surface area contributed by atoms with Gasteiger partial charge in [0.2, 0.25) is 0 Å². The van der Waals surface area contributed by atoms with E-state index in [9.17, 15) is 4.79 Å². The number of alkyl halides is 1. The first-order valence-corrected chi connectivity index (χ1v) is 5.89. The Morgan fingerprint density at radius 2 is 2.44 bits per heavy atom. The highest BCUT2D eigenvalue weighted by Crippen LogP contribution is 2.05. The standard InChI is InChI=1S/C11H15BrN2O2/c1-8-5-13-4-3-9(8)6-14-7-10(12)11(15)16-2/h3-5,10,14H,6-7H2,1-2H3. The molecular weight excluding hydrogens is 272 g/mol. The van der Waals surface area contributed by atoms with Gasteiger partial charge in [-0.05, 0) is 24.1 Å². The third kappa shape index (κ3) is 3.90. The van der Waals surface area contributed by atoms with Crippen molar-refractivity contribution in [2.24, 2.45) is 0 Å². The molecule has 1 aromatic rings. The van der Waals surface area contributed by atoms with Crippen molar-refractivity contribution in [3.8, 4) is 0 Å². The summed E-state index contributed by atoms with van der Waals surface area (Å²) in [6, 6.07) is 1.96. The minimum absolute atomic E-state index is 0.265. The first-order valence-electron chi connectivity index (χ1n) is 4.97. The lowest BCUT2D eigenvalue weighted by molar-refractivity contribution is -0.139. The Hall–Kier alpha value is -0.940. The number of aryl methyl sites for hydroxylation is 1. The number of ether oxygens (including phenoxy) is 1. The summed E-state index contributed by atoms with van der Waals surface area (Å²) in [6.45, 7) is 3.26. The predicted molar refractivity (Wildman–Crippen MR) is 65.4 cm³/mol. The molecule has 16 heavy (non-hydrogen) atoms. The zero-order valence-electron chi connectivity index (χ0n) is 9.37. The second kappa shape index (κ2) is 6.60. The molecule has 0 saturated carbocycles. The minimum atomic E-state index is -0.306. The Labute approximate surface area is 104 Å². The number of pyridine rings is 1. The fraction of sp³-hybridized carbons (Fsp3) is 0.455. The fourth-order valence-electron chi connectivity index (χ4n) is 1.25. The first kappa shape index (κ1) is 13.1. The van der Waals surface area contributed by atoms with E-state index in [4.69, 9.17) is 0 Å². The number of nitrogens with zero attached hydrogens (tertiary/aromatic N) is 1. The molecule has 0 aromatic carbocycles. The lowest BCUT2D eigenvalue weighted by atomic mass is 10.1. The Bertz CT molecular complexity index is 358. The summed E-state index contributed by atoms with van der Waals surface area (Å²) >= 11 is 3.25. The van der Waals surface area contributed by atoms with Gasteiger partial charge in [-0.2, -0.15) is 0 Å². The Morgan fingerprint density at radius 1 is 1.69 bits per heavy atom. The van der Waals surface area contributed by atoms with Gasteiger partial charge in [0, 0.05) is 25.5 Å². The van der Waals surface area contributed by atoms with E-state index >= 15 is 0 Å². The highest BCUT2D eigenvalue weighted by atomic mass is 79.9. The zero-order chi connectivity index (χ0) is 12.0. The Morgan fingerprint density at radius 3 is 3.06 bits per heavy atom. The van der Waals surface area contributed by atoms with Crippen LogP contribution in [0, 0.1) is 6.92 Å². The molecule has 1 unspecified atom stereocenters. The van der Waals surface area contributed by atoms with E-state index in [0.717, 1.165) is 5.56 Å². The van der Waals surface area contributed by atoms with Crippen molar-refractivity contribution < 1.29 is 9.53 Å². The number of aromatic nitrogens is 1. The highest BCUT2D eigenvalue weighted by Gasteiger charge is 2.14. The summed E-state index contributed by atoms with van der Waals surface area (Å²) in [7, 11) is 1.38. The minimum Gasteiger partial charge on any atom is -0.468 e. The Balaban J connectivity index is 2.36. The number of rotatable bonds is 5. The summed E-state index contributed by atoms with van der Waals surface area (Å²) < 4.78 is 4.60. The van der Waals surface area contributed by atoms with Crippen LogP contribution >= 0.6 is 15.9 Å². The number of carbonyl (C=O) groups is 1. The fourth-order valence-corrected chi connectivity index (χ4v) is 1.66. The SMILES string of the molecule is COC(=O)C(Br)CNCc1ccncc1C. The van der Waals surface area contributed by atoms with Crippen molar-refractivity contribution in [2.45, 2.75) is 18.3 Å². The smallest absolute Gasteiger partial charge is 0.320 e. The van der Waals surface area contributed by atoms with Gasteiger partial charge in [0.15, 0.2) is 0 Å². The van der Waals surface area contributed by atoms with Crippen LogP contribution in [0.4, 0.5) is 0 Å². The molecule has 88 valence electrons. The summed E-state index contributed by atoms with van der Waals surface area (Å²) in [4.78, 5) is 14.8. The molecule has 0 aliphatic carbocycles. The molecule has 0 spiro atoms. The van der Waals surface area contributed by atoms with Crippen LogP contribution in [0.2, 0.25) is 0 Å². The first-order chi connectivity index (χ1) is 7.65. The van der Waals surface area contributed by atoms with Gasteiger partial charge in [0.05, 0.1) is 7.11 Å². The second-order valence-electron chi connectivity index (χ2n) is 3.42. The monoisotopic (exact) mass is 286 g/mol. The van der Waals surface area contributed by atoms with Gasteiger partial charge < -0.3 is 10.1 Å². The molecule has 0 saturated heterocycles.